The molecule has 2 heterocycles. The molecule has 24 heavy (non-hydrogen) atoms. The van der Waals surface area contributed by atoms with Crippen LogP contribution in [0.4, 0.5) is 0 Å². The number of halogens is 1. The van der Waals surface area contributed by atoms with Gasteiger partial charge in [-0.3, -0.25) is 0 Å². The molecule has 5 nitrogen and oxygen atoms in total. The monoisotopic (exact) mass is 368 g/mol. The lowest BCUT2D eigenvalue weighted by Gasteiger charge is -2.30. The third-order valence-electron chi connectivity index (χ3n) is 4.76. The molecule has 1 amide bonds. The van der Waals surface area contributed by atoms with E-state index in [1.165, 1.54) is 7.11 Å². The summed E-state index contributed by atoms with van der Waals surface area (Å²) in [6.07, 6.45) is 4.91. The molecule has 0 bridgehead atoms. The average molecular weight is 369 g/mol. The van der Waals surface area contributed by atoms with E-state index in [1.807, 2.05) is 0 Å². The van der Waals surface area contributed by atoms with Gasteiger partial charge in [0.1, 0.15) is 18.5 Å². The van der Waals surface area contributed by atoms with Gasteiger partial charge in [0.2, 0.25) is 4.87 Å². The Bertz CT molecular complexity index is 718. The van der Waals surface area contributed by atoms with Crippen LogP contribution in [0.2, 0.25) is 0 Å². The summed E-state index contributed by atoms with van der Waals surface area (Å²) in [5.74, 6) is -0.619. The summed E-state index contributed by atoms with van der Waals surface area (Å²) in [6, 6.07) is 6.78. The number of carbonyl (C=O) groups excluding carboxylic acids is 2. The second-order valence-corrected chi connectivity index (χ2v) is 8.28. The fourth-order valence-corrected chi connectivity index (χ4v) is 4.53. The van der Waals surface area contributed by atoms with Gasteiger partial charge < -0.3 is 9.29 Å². The highest BCUT2D eigenvalue weighted by Crippen LogP contribution is 2.44. The van der Waals surface area contributed by atoms with Crippen LogP contribution in [0.3, 0.4) is 0 Å². The summed E-state index contributed by atoms with van der Waals surface area (Å²) in [6.45, 7) is 0.800. The highest BCUT2D eigenvalue weighted by molar-refractivity contribution is 7.90. The van der Waals surface area contributed by atoms with Crippen molar-refractivity contribution in [1.29, 1.82) is 0 Å². The minimum absolute atomic E-state index is 0.0765. The topological polar surface area (TPSA) is 66.4 Å². The first-order valence-electron chi connectivity index (χ1n) is 7.67. The first-order chi connectivity index (χ1) is 11.3. The zero-order chi connectivity index (χ0) is 17.5. The Balaban J connectivity index is 1.94. The van der Waals surface area contributed by atoms with E-state index in [0.717, 1.165) is 18.5 Å². The van der Waals surface area contributed by atoms with E-state index in [4.69, 9.17) is 16.3 Å². The summed E-state index contributed by atoms with van der Waals surface area (Å²) in [4.78, 5) is 24.6. The molecule has 2 aliphatic heterocycles. The number of ether oxygens (including phenoxy) is 1. The molecule has 7 heteroatoms. The lowest BCUT2D eigenvalue weighted by molar-refractivity contribution is -0.795. The molecular weight excluding hydrogens is 350 g/mol. The SMILES string of the molecule is COC(=O)C1(Cl)C=C2CCC[N+]2(C(=O)c2ccc([S+](C)[O-])cc2)C1. The number of benzene rings is 1. The van der Waals surface area contributed by atoms with Crippen LogP contribution in [0.5, 0.6) is 0 Å². The summed E-state index contributed by atoms with van der Waals surface area (Å²) in [5, 5.41) is 0. The highest BCUT2D eigenvalue weighted by Gasteiger charge is 2.59. The van der Waals surface area contributed by atoms with Gasteiger partial charge in [-0.2, -0.15) is 0 Å². The van der Waals surface area contributed by atoms with Crippen molar-refractivity contribution in [1.82, 2.24) is 0 Å². The van der Waals surface area contributed by atoms with Gasteiger partial charge in [0, 0.05) is 18.9 Å². The smallest absolute Gasteiger partial charge is 0.350 e. The predicted molar refractivity (Wildman–Crippen MR) is 91.0 cm³/mol. The zero-order valence-electron chi connectivity index (χ0n) is 13.6. The van der Waals surface area contributed by atoms with Crippen molar-refractivity contribution in [2.75, 3.05) is 26.5 Å². The Hall–Kier alpha value is -1.34. The van der Waals surface area contributed by atoms with Crippen LogP contribution in [0.1, 0.15) is 23.2 Å². The number of hydrogen-bond donors (Lipinski definition) is 0. The Labute approximate surface area is 149 Å². The van der Waals surface area contributed by atoms with E-state index >= 15 is 0 Å². The number of quaternary nitrogens is 1. The van der Waals surface area contributed by atoms with Gasteiger partial charge >= 0.3 is 11.9 Å². The van der Waals surface area contributed by atoms with E-state index in [9.17, 15) is 14.1 Å². The number of rotatable bonds is 3. The van der Waals surface area contributed by atoms with Gasteiger partial charge in [-0.15, -0.1) is 0 Å². The minimum atomic E-state index is -1.29. The molecule has 3 atom stereocenters. The number of nitrogens with zero attached hydrogens (tertiary/aromatic N) is 1. The Morgan fingerprint density at radius 3 is 2.58 bits per heavy atom. The Kier molecular flexibility index (Phi) is 4.51. The van der Waals surface area contributed by atoms with Crippen LogP contribution in [0.25, 0.3) is 0 Å². The molecule has 0 spiro atoms. The zero-order valence-corrected chi connectivity index (χ0v) is 15.2. The number of carbonyl (C=O) groups is 2. The van der Waals surface area contributed by atoms with Gasteiger partial charge in [-0.1, -0.05) is 11.6 Å². The normalized spacial score (nSPS) is 29.8. The van der Waals surface area contributed by atoms with E-state index in [0.29, 0.717) is 17.0 Å². The fraction of sp³-hybridized carbons (Fsp3) is 0.412. The first-order valence-corrected chi connectivity index (χ1v) is 9.61. The molecule has 0 aromatic heterocycles. The second-order valence-electron chi connectivity index (χ2n) is 6.23. The van der Waals surface area contributed by atoms with Gasteiger partial charge in [-0.25, -0.2) is 14.1 Å². The minimum Gasteiger partial charge on any atom is -0.612 e. The van der Waals surface area contributed by atoms with Gasteiger partial charge in [0.25, 0.3) is 0 Å². The van der Waals surface area contributed by atoms with Crippen molar-refractivity contribution in [2.24, 2.45) is 0 Å². The molecule has 3 unspecified atom stereocenters. The van der Waals surface area contributed by atoms with Gasteiger partial charge in [0.15, 0.2) is 4.90 Å². The maximum absolute atomic E-state index is 13.2. The summed E-state index contributed by atoms with van der Waals surface area (Å²) in [5.41, 5.74) is 1.41. The van der Waals surface area contributed by atoms with E-state index in [-0.39, 0.29) is 16.9 Å². The lowest BCUT2D eigenvalue weighted by atomic mass is 10.1. The summed E-state index contributed by atoms with van der Waals surface area (Å²) < 4.78 is 16.4. The van der Waals surface area contributed by atoms with Gasteiger partial charge in [-0.05, 0) is 35.4 Å². The van der Waals surface area contributed by atoms with Gasteiger partial charge in [0.05, 0.1) is 19.2 Å². The van der Waals surface area contributed by atoms with Crippen molar-refractivity contribution >= 4 is 34.7 Å². The molecule has 1 aromatic rings. The van der Waals surface area contributed by atoms with Crippen molar-refractivity contribution in [3.8, 4) is 0 Å². The van der Waals surface area contributed by atoms with Crippen LogP contribution < -0.4 is 0 Å². The summed E-state index contributed by atoms with van der Waals surface area (Å²) >= 11 is 5.36. The molecule has 128 valence electrons. The van der Waals surface area contributed by atoms with E-state index in [1.54, 1.807) is 36.6 Å². The largest absolute Gasteiger partial charge is 0.612 e. The maximum atomic E-state index is 13.2. The number of esters is 1. The predicted octanol–water partition coefficient (Wildman–Crippen LogP) is 2.22. The van der Waals surface area contributed by atoms with Crippen LogP contribution >= 0.6 is 11.6 Å². The molecule has 0 saturated carbocycles. The Morgan fingerprint density at radius 1 is 1.33 bits per heavy atom. The molecule has 2 aliphatic rings. The molecular formula is C17H19ClNO4S+. The molecule has 0 radical (unpaired) electrons. The van der Waals surface area contributed by atoms with Crippen molar-refractivity contribution < 1.29 is 23.4 Å². The van der Waals surface area contributed by atoms with Crippen molar-refractivity contribution in [3.63, 3.8) is 0 Å². The van der Waals surface area contributed by atoms with Crippen LogP contribution in [-0.2, 0) is 20.7 Å². The third-order valence-corrected chi connectivity index (χ3v) is 6.08. The van der Waals surface area contributed by atoms with Crippen LogP contribution in [0.15, 0.2) is 40.9 Å². The first kappa shape index (κ1) is 17.5. The molecule has 3 rings (SSSR count). The quantitative estimate of drug-likeness (QED) is 0.355. The number of amides is 1. The number of methoxy groups -OCH3 is 1. The van der Waals surface area contributed by atoms with Crippen molar-refractivity contribution in [3.05, 3.63) is 41.6 Å². The Morgan fingerprint density at radius 2 is 2.00 bits per heavy atom. The second kappa shape index (κ2) is 6.19. The number of alkyl halides is 1. The standard InChI is InChI=1S/C17H19ClNO4S/c1-23-16(21)17(18)10-13-4-3-9-19(13,11-17)15(20)12-5-7-14(8-6-12)24(2)22/h5-8,10H,3-4,9,11H2,1-2H3/q+1. The number of fused-ring (bicyclic) bond motifs is 1. The fourth-order valence-electron chi connectivity index (χ4n) is 3.60. The number of hydrogen-bond acceptors (Lipinski definition) is 4. The van der Waals surface area contributed by atoms with Crippen LogP contribution in [0, 0.1) is 0 Å². The molecule has 1 fully saturated rings. The molecule has 0 N–H and O–H groups in total. The van der Waals surface area contributed by atoms with Crippen LogP contribution in [-0.4, -0.2) is 52.2 Å². The average Bonchev–Trinajstić information content (AvgIpc) is 3.08. The summed E-state index contributed by atoms with van der Waals surface area (Å²) in [7, 11) is 1.30. The van der Waals surface area contributed by atoms with Crippen molar-refractivity contribution in [2.45, 2.75) is 22.6 Å². The molecule has 0 aliphatic carbocycles. The lowest BCUT2D eigenvalue weighted by Crippen LogP contribution is -2.52. The van der Waals surface area contributed by atoms with E-state index in [2.05, 4.69) is 0 Å². The molecule has 1 saturated heterocycles. The number of allylic oxidation sites excluding steroid dienone is 1. The van der Waals surface area contributed by atoms with E-state index < -0.39 is 22.0 Å². The molecule has 1 aromatic carbocycles. The highest BCUT2D eigenvalue weighted by atomic mass is 35.5. The third kappa shape index (κ3) is 2.67. The maximum Gasteiger partial charge on any atom is 0.350 e.